The second-order valence-corrected chi connectivity index (χ2v) is 30.7. The molecule has 4 aliphatic carbocycles. The lowest BCUT2D eigenvalue weighted by molar-refractivity contribution is 0.210. The molecule has 3 unspecified atom stereocenters. The highest BCUT2D eigenvalue weighted by Gasteiger charge is 2.49. The molecule has 1 aromatic carbocycles. The van der Waals surface area contributed by atoms with Crippen molar-refractivity contribution in [3.05, 3.63) is 35.9 Å². The topological polar surface area (TPSA) is 0 Å². The van der Waals surface area contributed by atoms with E-state index in [1.54, 1.807) is 69.0 Å². The summed E-state index contributed by atoms with van der Waals surface area (Å²) in [5.74, 6) is 2.45. The molecule has 0 heterocycles. The minimum atomic E-state index is -1.37. The molecule has 0 N–H and O–H groups in total. The van der Waals surface area contributed by atoms with E-state index in [1.165, 1.54) is 70.6 Å². The maximum atomic E-state index is 2.95. The first-order chi connectivity index (χ1) is 21.8. The lowest BCUT2D eigenvalue weighted by atomic mass is 9.72. The van der Waals surface area contributed by atoms with Gasteiger partial charge < -0.3 is 0 Å². The average Bonchev–Trinajstić information content (AvgIpc) is 3.83. The van der Waals surface area contributed by atoms with E-state index in [0.717, 1.165) is 34.0 Å². The first-order valence-corrected chi connectivity index (χ1v) is 26.6. The molecule has 5 rings (SSSR count). The largest absolute Gasteiger partial charge is 0.0687 e. The molecule has 0 radical (unpaired) electrons. The smallest absolute Gasteiger partial charge is 0.0569 e. The van der Waals surface area contributed by atoms with Crippen molar-refractivity contribution in [3.63, 3.8) is 0 Å². The van der Waals surface area contributed by atoms with Gasteiger partial charge in [0.25, 0.3) is 0 Å². The van der Waals surface area contributed by atoms with Gasteiger partial charge in [0.15, 0.2) is 0 Å². The van der Waals surface area contributed by atoms with Crippen LogP contribution in [0.3, 0.4) is 0 Å². The van der Waals surface area contributed by atoms with E-state index in [1.807, 2.05) is 0 Å². The van der Waals surface area contributed by atoms with Crippen molar-refractivity contribution >= 4 is 16.1 Å². The molecule has 0 bridgehead atoms. The van der Waals surface area contributed by atoms with Gasteiger partial charge in [0.1, 0.15) is 0 Å². The molecule has 0 aromatic heterocycles. The fourth-order valence-electron chi connectivity index (χ4n) is 12.5. The molecule has 0 saturated heterocycles. The Labute approximate surface area is 290 Å². The van der Waals surface area contributed by atoms with Crippen LogP contribution in [-0.2, 0) is 0 Å². The number of benzene rings is 1. The van der Waals surface area contributed by atoms with Crippen molar-refractivity contribution in [2.45, 2.75) is 217 Å². The zero-order valence-electron chi connectivity index (χ0n) is 32.3. The van der Waals surface area contributed by atoms with Gasteiger partial charge in [-0.3, -0.25) is 0 Å². The van der Waals surface area contributed by atoms with Crippen LogP contribution in [0, 0.1) is 22.7 Å². The third-order valence-corrected chi connectivity index (χ3v) is 27.7. The van der Waals surface area contributed by atoms with E-state index >= 15 is 0 Å². The monoisotopic (exact) mass is 663 g/mol. The summed E-state index contributed by atoms with van der Waals surface area (Å²) in [6.07, 6.45) is 29.0. The zero-order chi connectivity index (χ0) is 33.0. The van der Waals surface area contributed by atoms with Gasteiger partial charge in [-0.05, 0) is 75.6 Å². The van der Waals surface area contributed by atoms with E-state index < -0.39 is 16.1 Å². The van der Waals surface area contributed by atoms with E-state index in [4.69, 9.17) is 0 Å². The lowest BCUT2D eigenvalue weighted by Gasteiger charge is -2.46. The molecule has 3 atom stereocenters. The molecule has 0 spiro atoms. The van der Waals surface area contributed by atoms with Crippen molar-refractivity contribution in [2.24, 2.45) is 22.7 Å². The maximum absolute atomic E-state index is 2.95. The summed E-state index contributed by atoms with van der Waals surface area (Å²) in [5.41, 5.74) is 6.90. The second-order valence-electron chi connectivity index (χ2n) is 20.6. The molecule has 0 amide bonds. The Kier molecular flexibility index (Phi) is 12.6. The van der Waals surface area contributed by atoms with Gasteiger partial charge in [-0.25, -0.2) is 0 Å². The highest BCUT2D eigenvalue weighted by molar-refractivity contribution is 6.82. The Bertz CT molecular complexity index is 990. The van der Waals surface area contributed by atoms with Gasteiger partial charge in [-0.1, -0.05) is 200 Å². The van der Waals surface area contributed by atoms with Gasteiger partial charge in [0, 0.05) is 0 Å². The van der Waals surface area contributed by atoms with E-state index in [2.05, 4.69) is 85.0 Å². The fraction of sp³-hybridized carbons (Fsp3) is 0.864. The zero-order valence-corrected chi connectivity index (χ0v) is 34.3. The van der Waals surface area contributed by atoms with Crippen LogP contribution in [-0.4, -0.2) is 16.1 Å². The summed E-state index contributed by atoms with van der Waals surface area (Å²) in [5, 5.41) is 0. The van der Waals surface area contributed by atoms with Crippen LogP contribution >= 0.6 is 0 Å². The minimum Gasteiger partial charge on any atom is -0.0687 e. The second kappa shape index (κ2) is 15.7. The molecule has 4 saturated carbocycles. The normalized spacial score (nSPS) is 23.8. The molecule has 2 heteroatoms. The van der Waals surface area contributed by atoms with Crippen LogP contribution in [0.5, 0.6) is 0 Å². The maximum Gasteiger partial charge on any atom is 0.0569 e. The average molecular weight is 663 g/mol. The van der Waals surface area contributed by atoms with Crippen LogP contribution in [0.1, 0.15) is 175 Å². The Morgan fingerprint density at radius 2 is 0.957 bits per heavy atom. The van der Waals surface area contributed by atoms with Crippen molar-refractivity contribution in [1.82, 2.24) is 0 Å². The van der Waals surface area contributed by atoms with Crippen molar-refractivity contribution in [1.29, 1.82) is 0 Å². The molecule has 0 nitrogen and oxygen atoms in total. The molecule has 46 heavy (non-hydrogen) atoms. The summed E-state index contributed by atoms with van der Waals surface area (Å²) < 4.78 is 0. The third-order valence-electron chi connectivity index (χ3n) is 15.1. The van der Waals surface area contributed by atoms with E-state index in [9.17, 15) is 0 Å². The Morgan fingerprint density at radius 3 is 1.33 bits per heavy atom. The van der Waals surface area contributed by atoms with Crippen LogP contribution in [0.2, 0.25) is 47.3 Å². The summed E-state index contributed by atoms with van der Waals surface area (Å²) in [4.78, 5) is 0. The molecule has 0 aliphatic heterocycles. The minimum absolute atomic E-state index is 0.384. The van der Waals surface area contributed by atoms with Gasteiger partial charge in [0.2, 0.25) is 0 Å². The van der Waals surface area contributed by atoms with Gasteiger partial charge in [0.05, 0.1) is 16.1 Å². The Balaban J connectivity index is 1.45. The summed E-state index contributed by atoms with van der Waals surface area (Å²) in [7, 11) is -2.73. The summed E-state index contributed by atoms with van der Waals surface area (Å²) in [6, 6.07) is 15.3. The predicted octanol–water partition coefficient (Wildman–Crippen LogP) is 15.2. The first-order valence-electron chi connectivity index (χ1n) is 20.8. The van der Waals surface area contributed by atoms with E-state index in [0.29, 0.717) is 16.7 Å². The number of hydrogen-bond acceptors (Lipinski definition) is 0. The highest BCUT2D eigenvalue weighted by atomic mass is 28.3. The summed E-state index contributed by atoms with van der Waals surface area (Å²) in [6.45, 7) is 21.5. The molecule has 4 fully saturated rings. The molecular weight excluding hydrogens is 585 g/mol. The van der Waals surface area contributed by atoms with Gasteiger partial charge in [-0.2, -0.15) is 0 Å². The van der Waals surface area contributed by atoms with Crippen LogP contribution < -0.4 is 0 Å². The predicted molar refractivity (Wildman–Crippen MR) is 211 cm³/mol. The van der Waals surface area contributed by atoms with Gasteiger partial charge in [-0.15, -0.1) is 0 Å². The molecule has 4 aliphatic rings. The first kappa shape index (κ1) is 36.9. The standard InChI is InChI=1S/C44H78Si2/c1-43(2,3)32-35(33-45(7,39-22-12-13-23-39)40-24-14-15-25-40)30-37(36-20-10-9-11-21-36)31-38(44(4,5)6)34-46(8,41-26-16-17-27-41)42-28-18-19-29-42/h9-11,20-21,35,37-42H,12-19,22-34H2,1-8H3. The molecule has 262 valence electrons. The van der Waals surface area contributed by atoms with Crippen LogP contribution in [0.15, 0.2) is 30.3 Å². The fourth-order valence-corrected chi connectivity index (χ4v) is 25.5. The SMILES string of the molecule is CC(C)(C)CC(CC(CC(C[Si](C)(C1CCCC1)C1CCCC1)C(C)(C)C)c1ccccc1)C[Si](C)(C1CCCC1)C1CCCC1. The highest BCUT2D eigenvalue weighted by Crippen LogP contribution is 2.57. The lowest BCUT2D eigenvalue weighted by Crippen LogP contribution is -2.44. The number of rotatable bonds is 14. The van der Waals surface area contributed by atoms with E-state index in [-0.39, 0.29) is 0 Å². The van der Waals surface area contributed by atoms with Crippen molar-refractivity contribution < 1.29 is 0 Å². The van der Waals surface area contributed by atoms with Crippen LogP contribution in [0.4, 0.5) is 0 Å². The van der Waals surface area contributed by atoms with Crippen molar-refractivity contribution in [3.8, 4) is 0 Å². The molecule has 1 aromatic rings. The molecular formula is C44H78Si2. The van der Waals surface area contributed by atoms with Gasteiger partial charge >= 0.3 is 0 Å². The Morgan fingerprint density at radius 1 is 0.565 bits per heavy atom. The van der Waals surface area contributed by atoms with Crippen LogP contribution in [0.25, 0.3) is 0 Å². The Hall–Kier alpha value is -0.346. The summed E-state index contributed by atoms with van der Waals surface area (Å²) >= 11 is 0. The third kappa shape index (κ3) is 9.25. The van der Waals surface area contributed by atoms with Crippen molar-refractivity contribution in [2.75, 3.05) is 0 Å². The quantitative estimate of drug-likeness (QED) is 0.174. The number of hydrogen-bond donors (Lipinski definition) is 0.